The topological polar surface area (TPSA) is 173 Å². The maximum absolute atomic E-state index is 16.1. The number of anilines is 1. The first kappa shape index (κ1) is 40.0. The zero-order chi connectivity index (χ0) is 44.1. The van der Waals surface area contributed by atoms with E-state index < -0.39 is 65.4 Å². The molecule has 64 heavy (non-hydrogen) atoms. The molecule has 0 bridgehead atoms. The van der Waals surface area contributed by atoms with Crippen molar-refractivity contribution >= 4 is 40.5 Å². The fourth-order valence-electron chi connectivity index (χ4n) is 10.00. The molecule has 3 aliphatic rings. The molecular weight excluding hydrogens is 807 g/mol. The van der Waals surface area contributed by atoms with Gasteiger partial charge in [-0.2, -0.15) is 0 Å². The highest BCUT2D eigenvalue weighted by Gasteiger charge is 2.75. The molecule has 0 radical (unpaired) electrons. The standard InChI is InChI=1S/C51H41N7O6/c1-31(33-15-5-2-6-16-33)53-50(63)57-40-28-23-32(14-13-29-56-41-22-12-11-21-39(41)54-55-56)30-38(40)51(49(57)62)42(47(52)60)44-48(61)64-45(35-19-9-4-10-20-35)43(34-17-7-3-8-18-34)58(44)46(51)36-24-26-37(59)27-25-36/h2-12,15-28,30-31,42-46,59H,29H2,1H3,(H2,52,60)(H,53,63)/t31-,42-,43-,44-,45+,46+,51-/m1/s1. The molecule has 0 aliphatic carbocycles. The molecular formula is C51H41N7O6. The summed E-state index contributed by atoms with van der Waals surface area (Å²) in [7, 11) is 0. The molecule has 0 unspecified atom stereocenters. The van der Waals surface area contributed by atoms with E-state index >= 15 is 4.79 Å². The van der Waals surface area contributed by atoms with Gasteiger partial charge in [0.15, 0.2) is 0 Å². The number of carbonyl (C=O) groups is 4. The highest BCUT2D eigenvalue weighted by atomic mass is 16.6. The molecule has 3 aliphatic heterocycles. The maximum atomic E-state index is 16.1. The number of amides is 4. The molecule has 13 heteroatoms. The van der Waals surface area contributed by atoms with E-state index in [-0.39, 0.29) is 23.5 Å². The first-order valence-corrected chi connectivity index (χ1v) is 20.9. The number of primary amides is 1. The van der Waals surface area contributed by atoms with Gasteiger partial charge < -0.3 is 20.9 Å². The number of imide groups is 1. The Morgan fingerprint density at radius 2 is 1.47 bits per heavy atom. The lowest BCUT2D eigenvalue weighted by molar-refractivity contribution is -0.178. The Kier molecular flexibility index (Phi) is 10.0. The molecule has 6 aromatic carbocycles. The van der Waals surface area contributed by atoms with Gasteiger partial charge >= 0.3 is 12.0 Å². The van der Waals surface area contributed by atoms with Gasteiger partial charge in [-0.15, -0.1) is 5.10 Å². The summed E-state index contributed by atoms with van der Waals surface area (Å²) < 4.78 is 8.09. The number of fused-ring (bicyclic) bond motifs is 4. The summed E-state index contributed by atoms with van der Waals surface area (Å²) in [6.45, 7) is 2.00. The van der Waals surface area contributed by atoms with E-state index in [1.54, 1.807) is 35.0 Å². The van der Waals surface area contributed by atoms with Crippen molar-refractivity contribution in [3.05, 3.63) is 191 Å². The molecule has 2 saturated heterocycles. The smallest absolute Gasteiger partial charge is 0.329 e. The van der Waals surface area contributed by atoms with Crippen LogP contribution in [0.3, 0.4) is 0 Å². The highest BCUT2D eigenvalue weighted by Crippen LogP contribution is 2.65. The van der Waals surface area contributed by atoms with E-state index in [1.807, 2.05) is 127 Å². The molecule has 7 atom stereocenters. The van der Waals surface area contributed by atoms with Crippen LogP contribution in [0.15, 0.2) is 158 Å². The van der Waals surface area contributed by atoms with Crippen LogP contribution in [0.5, 0.6) is 5.75 Å². The van der Waals surface area contributed by atoms with Crippen LogP contribution in [0.4, 0.5) is 10.5 Å². The predicted octanol–water partition coefficient (Wildman–Crippen LogP) is 6.81. The number of phenols is 1. The van der Waals surface area contributed by atoms with E-state index in [2.05, 4.69) is 27.5 Å². The van der Waals surface area contributed by atoms with Crippen molar-refractivity contribution in [2.24, 2.45) is 11.7 Å². The second-order valence-corrected chi connectivity index (χ2v) is 16.3. The Labute approximate surface area is 368 Å². The molecule has 4 heterocycles. The molecule has 10 rings (SSSR count). The summed E-state index contributed by atoms with van der Waals surface area (Å²) in [5.41, 5.74) is 9.69. The fourth-order valence-corrected chi connectivity index (χ4v) is 10.00. The van der Waals surface area contributed by atoms with E-state index in [9.17, 15) is 19.5 Å². The lowest BCUT2D eigenvalue weighted by atomic mass is 9.65. The number of nitrogens with one attached hydrogen (secondary N) is 1. The minimum Gasteiger partial charge on any atom is -0.508 e. The lowest BCUT2D eigenvalue weighted by Gasteiger charge is -2.46. The number of carbonyl (C=O) groups excluding carboxylic acids is 4. The number of hydrogen-bond acceptors (Lipinski definition) is 9. The highest BCUT2D eigenvalue weighted by molar-refractivity contribution is 6.24. The number of aromatic hydroxyl groups is 1. The maximum Gasteiger partial charge on any atom is 0.329 e. The number of benzene rings is 6. The number of phenolic OH excluding ortho intramolecular Hbond substituents is 1. The van der Waals surface area contributed by atoms with Crippen LogP contribution in [-0.4, -0.2) is 54.9 Å². The van der Waals surface area contributed by atoms with Crippen LogP contribution in [0, 0.1) is 17.8 Å². The largest absolute Gasteiger partial charge is 0.508 e. The monoisotopic (exact) mass is 847 g/mol. The van der Waals surface area contributed by atoms with Gasteiger partial charge in [-0.25, -0.2) is 14.4 Å². The van der Waals surface area contributed by atoms with E-state index in [1.165, 1.54) is 12.1 Å². The number of para-hydroxylation sites is 1. The van der Waals surface area contributed by atoms with Crippen LogP contribution in [0.2, 0.25) is 0 Å². The molecule has 2 fully saturated rings. The molecule has 1 spiro atoms. The molecule has 0 saturated carbocycles. The molecule has 1 aromatic heterocycles. The molecule has 316 valence electrons. The number of rotatable bonds is 7. The second kappa shape index (κ2) is 16.0. The summed E-state index contributed by atoms with van der Waals surface area (Å²) in [6.07, 6.45) is -0.900. The van der Waals surface area contributed by atoms with Crippen LogP contribution in [0.25, 0.3) is 11.0 Å². The van der Waals surface area contributed by atoms with Gasteiger partial charge in [0.1, 0.15) is 35.4 Å². The average molecular weight is 848 g/mol. The van der Waals surface area contributed by atoms with Crippen LogP contribution in [0.1, 0.15) is 64.5 Å². The lowest BCUT2D eigenvalue weighted by Crippen LogP contribution is -2.55. The number of aromatic nitrogens is 3. The van der Waals surface area contributed by atoms with Crippen LogP contribution >= 0.6 is 0 Å². The SMILES string of the molecule is C[C@@H](NC(=O)N1C(=O)[C@@]2(c3cc(C#CCn4nnc5ccccc54)ccc31)[C@H](c1ccc(O)cc1)N1[C@H](c3ccccc3)[C@H](c3ccccc3)OC(=O)[C@H]1[C@@H]2C(N)=O)c1ccccc1. The Morgan fingerprint density at radius 3 is 2.17 bits per heavy atom. The first-order valence-electron chi connectivity index (χ1n) is 20.9. The van der Waals surface area contributed by atoms with Gasteiger partial charge in [-0.3, -0.25) is 19.3 Å². The number of nitrogens with zero attached hydrogens (tertiary/aromatic N) is 5. The zero-order valence-corrected chi connectivity index (χ0v) is 34.5. The first-order chi connectivity index (χ1) is 31.2. The molecule has 4 amide bonds. The number of nitrogens with two attached hydrogens (primary N) is 1. The van der Waals surface area contributed by atoms with Gasteiger partial charge in [-0.1, -0.05) is 132 Å². The summed E-state index contributed by atoms with van der Waals surface area (Å²) in [4.78, 5) is 63.3. The summed E-state index contributed by atoms with van der Waals surface area (Å²) in [5, 5.41) is 22.1. The van der Waals surface area contributed by atoms with Crippen molar-refractivity contribution in [3.63, 3.8) is 0 Å². The number of cyclic esters (lactones) is 1. The quantitative estimate of drug-likeness (QED) is 0.115. The zero-order valence-electron chi connectivity index (χ0n) is 34.5. The third-order valence-electron chi connectivity index (χ3n) is 12.7. The van der Waals surface area contributed by atoms with Crippen molar-refractivity contribution < 1.29 is 29.0 Å². The summed E-state index contributed by atoms with van der Waals surface area (Å²) in [5.74, 6) is 2.34. The van der Waals surface area contributed by atoms with Crippen molar-refractivity contribution in [2.45, 2.75) is 49.2 Å². The number of morpholine rings is 1. The van der Waals surface area contributed by atoms with E-state index in [0.717, 1.165) is 27.1 Å². The van der Waals surface area contributed by atoms with Crippen LogP contribution < -0.4 is 16.0 Å². The Hall–Kier alpha value is -8.08. The Morgan fingerprint density at radius 1 is 0.812 bits per heavy atom. The molecule has 4 N–H and O–H groups in total. The summed E-state index contributed by atoms with van der Waals surface area (Å²) in [6, 6.07) is 42.4. The van der Waals surface area contributed by atoms with Gasteiger partial charge in [0.2, 0.25) is 11.8 Å². The number of hydrogen-bond donors (Lipinski definition) is 3. The number of urea groups is 1. The minimum atomic E-state index is -2.02. The van der Waals surface area contributed by atoms with E-state index in [0.29, 0.717) is 16.7 Å². The Bertz CT molecular complexity index is 3010. The number of esters is 1. The van der Waals surface area contributed by atoms with Gasteiger partial charge in [0.05, 0.1) is 35.2 Å². The fraction of sp³-hybridized carbons (Fsp3) is 0.176. The van der Waals surface area contributed by atoms with Crippen molar-refractivity contribution in [1.29, 1.82) is 0 Å². The normalized spacial score (nSPS) is 22.9. The third-order valence-corrected chi connectivity index (χ3v) is 12.7. The van der Waals surface area contributed by atoms with Gasteiger partial charge in [0.25, 0.3) is 0 Å². The molecule has 7 aromatic rings. The van der Waals surface area contributed by atoms with E-state index in [4.69, 9.17) is 10.5 Å². The van der Waals surface area contributed by atoms with Crippen molar-refractivity contribution in [1.82, 2.24) is 25.2 Å². The third kappa shape index (κ3) is 6.46. The summed E-state index contributed by atoms with van der Waals surface area (Å²) >= 11 is 0. The molecule has 13 nitrogen and oxygen atoms in total. The van der Waals surface area contributed by atoms with Gasteiger partial charge in [0, 0.05) is 5.56 Å². The van der Waals surface area contributed by atoms with Crippen molar-refractivity contribution in [3.8, 4) is 17.6 Å². The minimum absolute atomic E-state index is 0.0367. The average Bonchev–Trinajstić information content (AvgIpc) is 3.96. The van der Waals surface area contributed by atoms with Gasteiger partial charge in [-0.05, 0) is 77.2 Å². The predicted molar refractivity (Wildman–Crippen MR) is 237 cm³/mol. The number of ether oxygens (including phenoxy) is 1. The van der Waals surface area contributed by atoms with Crippen molar-refractivity contribution in [2.75, 3.05) is 4.90 Å². The van der Waals surface area contributed by atoms with Crippen LogP contribution in [-0.2, 0) is 31.1 Å². The Balaban J connectivity index is 1.20. The second-order valence-electron chi connectivity index (χ2n) is 16.3.